The van der Waals surface area contributed by atoms with Gasteiger partial charge in [-0.15, -0.1) is 0 Å². The van der Waals surface area contributed by atoms with Crippen molar-refractivity contribution in [1.29, 1.82) is 0 Å². The number of ether oxygens (including phenoxy) is 1. The van der Waals surface area contributed by atoms with Gasteiger partial charge in [0, 0.05) is 5.98 Å². The van der Waals surface area contributed by atoms with Gasteiger partial charge in [0.2, 0.25) is 0 Å². The van der Waals surface area contributed by atoms with Gasteiger partial charge in [-0.05, 0) is 36.6 Å². The maximum absolute atomic E-state index is 6.09. The predicted molar refractivity (Wildman–Crippen MR) is 107 cm³/mol. The summed E-state index contributed by atoms with van der Waals surface area (Å²) in [6.07, 6.45) is 0.153. The van der Waals surface area contributed by atoms with Gasteiger partial charge in [0.25, 0.3) is 0 Å². The van der Waals surface area contributed by atoms with Gasteiger partial charge in [-0.3, -0.25) is 0 Å². The fraction of sp³-hybridized carbons (Fsp3) is 0.136. The van der Waals surface area contributed by atoms with Crippen LogP contribution in [0.1, 0.15) is 13.8 Å². The molecule has 0 N–H and O–H groups in total. The van der Waals surface area contributed by atoms with Crippen LogP contribution < -0.4 is 15.9 Å². The van der Waals surface area contributed by atoms with Crippen molar-refractivity contribution < 1.29 is 4.74 Å². The maximum Gasteiger partial charge on any atom is 0.0578 e. The van der Waals surface area contributed by atoms with Crippen molar-refractivity contribution in [3.05, 3.63) is 91.0 Å². The highest BCUT2D eigenvalue weighted by molar-refractivity contribution is 7.94. The minimum absolute atomic E-state index is 0.153. The molecule has 3 aromatic rings. The second-order valence-electron chi connectivity index (χ2n) is 6.02. The summed E-state index contributed by atoms with van der Waals surface area (Å²) >= 11 is 0. The van der Waals surface area contributed by atoms with E-state index in [1.54, 1.807) is 0 Å². The summed E-state index contributed by atoms with van der Waals surface area (Å²) < 4.78 is 6.09. The van der Waals surface area contributed by atoms with E-state index in [0.717, 1.165) is 0 Å². The van der Waals surface area contributed by atoms with Gasteiger partial charge in [0.15, 0.2) is 0 Å². The molecule has 0 saturated heterocycles. The summed E-state index contributed by atoms with van der Waals surface area (Å²) in [4.78, 5) is 0. The summed E-state index contributed by atoms with van der Waals surface area (Å²) in [5, 5.41) is 3.93. The Labute approximate surface area is 144 Å². The third-order valence-corrected chi connectivity index (χ3v) is 7.76. The van der Waals surface area contributed by atoms with Crippen LogP contribution in [0.25, 0.3) is 0 Å². The first-order chi connectivity index (χ1) is 11.7. The SMILES string of the molecule is CC(C)OC=P(c1ccccc1)(c1ccccc1)c1ccccc1. The average Bonchev–Trinajstić information content (AvgIpc) is 2.65. The molecular formula is C22H23OP. The topological polar surface area (TPSA) is 9.23 Å². The van der Waals surface area contributed by atoms with Crippen molar-refractivity contribution in [1.82, 2.24) is 0 Å². The third-order valence-electron chi connectivity index (χ3n) is 3.98. The maximum atomic E-state index is 6.09. The van der Waals surface area contributed by atoms with E-state index in [-0.39, 0.29) is 6.10 Å². The first kappa shape index (κ1) is 16.8. The molecule has 24 heavy (non-hydrogen) atoms. The van der Waals surface area contributed by atoms with Crippen LogP contribution in [-0.2, 0) is 4.74 Å². The normalized spacial score (nSPS) is 11.5. The quantitative estimate of drug-likeness (QED) is 0.637. The molecule has 0 atom stereocenters. The molecule has 0 fully saturated rings. The summed E-state index contributed by atoms with van der Waals surface area (Å²) in [6.45, 7) is 2.20. The zero-order chi connectivity index (χ0) is 16.8. The van der Waals surface area contributed by atoms with Crippen LogP contribution in [0.5, 0.6) is 0 Å². The molecule has 2 heteroatoms. The van der Waals surface area contributed by atoms with Crippen molar-refractivity contribution in [3.8, 4) is 0 Å². The fourth-order valence-corrected chi connectivity index (χ4v) is 6.44. The van der Waals surface area contributed by atoms with E-state index in [4.69, 9.17) is 4.74 Å². The number of rotatable bonds is 5. The average molecular weight is 334 g/mol. The molecule has 0 unspecified atom stereocenters. The molecule has 1 nitrogen and oxygen atoms in total. The van der Waals surface area contributed by atoms with Gasteiger partial charge >= 0.3 is 0 Å². The van der Waals surface area contributed by atoms with E-state index in [0.29, 0.717) is 0 Å². The van der Waals surface area contributed by atoms with E-state index in [1.807, 2.05) is 0 Å². The van der Waals surface area contributed by atoms with Crippen molar-refractivity contribution >= 4 is 28.8 Å². The second kappa shape index (κ2) is 7.66. The van der Waals surface area contributed by atoms with E-state index in [2.05, 4.69) is 111 Å². The van der Waals surface area contributed by atoms with Crippen LogP contribution in [0.15, 0.2) is 91.0 Å². The molecule has 3 aromatic carbocycles. The minimum atomic E-state index is -1.95. The second-order valence-corrected chi connectivity index (χ2v) is 9.23. The van der Waals surface area contributed by atoms with Gasteiger partial charge in [-0.1, -0.05) is 91.0 Å². The van der Waals surface area contributed by atoms with Crippen molar-refractivity contribution in [2.75, 3.05) is 0 Å². The van der Waals surface area contributed by atoms with Crippen LogP contribution in [0.3, 0.4) is 0 Å². The first-order valence-electron chi connectivity index (χ1n) is 8.29. The molecule has 0 saturated carbocycles. The lowest BCUT2D eigenvalue weighted by Crippen LogP contribution is -2.27. The zero-order valence-corrected chi connectivity index (χ0v) is 15.1. The van der Waals surface area contributed by atoms with Crippen LogP contribution in [0.2, 0.25) is 0 Å². The minimum Gasteiger partial charge on any atom is -0.350 e. The Hall–Kier alpha value is -2.08. The van der Waals surface area contributed by atoms with Crippen LogP contribution >= 0.6 is 6.89 Å². The Bertz CT molecular complexity index is 705. The molecule has 0 amide bonds. The molecule has 0 aliphatic heterocycles. The molecule has 0 radical (unpaired) electrons. The molecule has 0 aliphatic carbocycles. The molecule has 122 valence electrons. The third kappa shape index (κ3) is 3.38. The fourth-order valence-electron chi connectivity index (χ4n) is 2.83. The lowest BCUT2D eigenvalue weighted by atomic mass is 10.4. The standard InChI is InChI=1S/C22H23OP/c1-19(2)23-18-24(20-12-6-3-7-13-20,21-14-8-4-9-15-21)22-16-10-5-11-17-22/h3-19H,1-2H3. The van der Waals surface area contributed by atoms with Gasteiger partial charge in [0.05, 0.1) is 6.10 Å². The molecular weight excluding hydrogens is 311 g/mol. The summed E-state index contributed by atoms with van der Waals surface area (Å²) in [7, 11) is 0. The highest BCUT2D eigenvalue weighted by atomic mass is 31.2. The highest BCUT2D eigenvalue weighted by Crippen LogP contribution is 2.43. The molecule has 0 aliphatic rings. The highest BCUT2D eigenvalue weighted by Gasteiger charge is 2.25. The Morgan fingerprint density at radius 1 is 0.625 bits per heavy atom. The molecule has 0 heterocycles. The summed E-state index contributed by atoms with van der Waals surface area (Å²) in [5.41, 5.74) is 0. The van der Waals surface area contributed by atoms with E-state index < -0.39 is 6.89 Å². The molecule has 3 rings (SSSR count). The van der Waals surface area contributed by atoms with Gasteiger partial charge in [-0.2, -0.15) is 0 Å². The lowest BCUT2D eigenvalue weighted by molar-refractivity contribution is 0.247. The zero-order valence-electron chi connectivity index (χ0n) is 14.2. The molecule has 0 spiro atoms. The Morgan fingerprint density at radius 3 is 1.25 bits per heavy atom. The Balaban J connectivity index is 2.35. The predicted octanol–water partition coefficient (Wildman–Crippen LogP) is 4.17. The number of hydrogen-bond acceptors (Lipinski definition) is 1. The van der Waals surface area contributed by atoms with Crippen molar-refractivity contribution in [2.24, 2.45) is 0 Å². The Morgan fingerprint density at radius 2 is 0.958 bits per heavy atom. The van der Waals surface area contributed by atoms with Crippen molar-refractivity contribution in [3.63, 3.8) is 0 Å². The largest absolute Gasteiger partial charge is 0.350 e. The number of hydrogen-bond donors (Lipinski definition) is 0. The van der Waals surface area contributed by atoms with Crippen LogP contribution in [0, 0.1) is 0 Å². The Kier molecular flexibility index (Phi) is 5.35. The lowest BCUT2D eigenvalue weighted by Gasteiger charge is -2.28. The monoisotopic (exact) mass is 334 g/mol. The van der Waals surface area contributed by atoms with E-state index in [9.17, 15) is 0 Å². The van der Waals surface area contributed by atoms with E-state index >= 15 is 0 Å². The summed E-state index contributed by atoms with van der Waals surface area (Å²) in [5.74, 6) is 2.11. The summed E-state index contributed by atoms with van der Waals surface area (Å²) in [6, 6.07) is 32.2. The van der Waals surface area contributed by atoms with E-state index in [1.165, 1.54) is 15.9 Å². The van der Waals surface area contributed by atoms with Gasteiger partial charge < -0.3 is 4.74 Å². The van der Waals surface area contributed by atoms with Gasteiger partial charge in [-0.25, -0.2) is 0 Å². The smallest absolute Gasteiger partial charge is 0.0578 e. The number of benzene rings is 3. The van der Waals surface area contributed by atoms with Crippen LogP contribution in [-0.4, -0.2) is 12.1 Å². The first-order valence-corrected chi connectivity index (χ1v) is 10.1. The van der Waals surface area contributed by atoms with Crippen LogP contribution in [0.4, 0.5) is 0 Å². The van der Waals surface area contributed by atoms with Crippen molar-refractivity contribution in [2.45, 2.75) is 20.0 Å². The van der Waals surface area contributed by atoms with Gasteiger partial charge in [0.1, 0.15) is 0 Å². The molecule has 0 aromatic heterocycles. The molecule has 0 bridgehead atoms.